The third-order valence-corrected chi connectivity index (χ3v) is 2.68. The molecule has 0 aromatic heterocycles. The zero-order valence-corrected chi connectivity index (χ0v) is 10.0. The highest BCUT2D eigenvalue weighted by Gasteiger charge is 2.90. The van der Waals surface area contributed by atoms with Gasteiger partial charge in [0, 0.05) is 0 Å². The second kappa shape index (κ2) is 4.96. The van der Waals surface area contributed by atoms with E-state index in [-0.39, 0.29) is 0 Å². The first-order valence-corrected chi connectivity index (χ1v) is 4.76. The van der Waals surface area contributed by atoms with Crippen LogP contribution >= 0.6 is 11.6 Å². The smallest absolute Gasteiger partial charge is 0.460 e. The van der Waals surface area contributed by atoms with E-state index < -0.39 is 41.0 Å². The third kappa shape index (κ3) is 2.44. The first kappa shape index (κ1) is 20.9. The summed E-state index contributed by atoms with van der Waals surface area (Å²) in [5, 5.41) is 0.905. The summed E-state index contributed by atoms with van der Waals surface area (Å²) in [7, 11) is 0. The summed E-state index contributed by atoms with van der Waals surface area (Å²) in [5.41, 5.74) is 0. The zero-order valence-electron chi connectivity index (χ0n) is 9.27. The maximum Gasteiger partial charge on any atom is 0.460 e. The number of carboxylic acids is 1. The van der Waals surface area contributed by atoms with Crippen LogP contribution in [-0.2, 0) is 4.79 Å². The number of hydrogen-bond donors (Lipinski definition) is 1. The Morgan fingerprint density at radius 3 is 1.23 bits per heavy atom. The Morgan fingerprint density at radius 2 is 1.00 bits per heavy atom. The maximum absolute atomic E-state index is 13.0. The summed E-state index contributed by atoms with van der Waals surface area (Å²) in [6.07, 6.45) is -7.41. The van der Waals surface area contributed by atoms with Gasteiger partial charge < -0.3 is 5.11 Å². The molecule has 0 aliphatic carbocycles. The van der Waals surface area contributed by atoms with E-state index in [2.05, 4.69) is 11.6 Å². The summed E-state index contributed by atoms with van der Waals surface area (Å²) in [4.78, 5) is 9.83. The molecular formula is C7HClF12O2. The summed E-state index contributed by atoms with van der Waals surface area (Å²) in [6.45, 7) is 0. The Bertz CT molecular complexity index is 453. The number of rotatable bonds is 5. The minimum absolute atomic E-state index is 3.63. The Labute approximate surface area is 116 Å². The van der Waals surface area contributed by atoms with Crippen LogP contribution in [0.25, 0.3) is 0 Å². The molecule has 15 heteroatoms. The van der Waals surface area contributed by atoms with E-state index in [0.29, 0.717) is 0 Å². The van der Waals surface area contributed by atoms with Gasteiger partial charge in [0.25, 0.3) is 0 Å². The van der Waals surface area contributed by atoms with Crippen molar-refractivity contribution in [2.24, 2.45) is 0 Å². The van der Waals surface area contributed by atoms with Crippen molar-refractivity contribution >= 4 is 17.6 Å². The summed E-state index contributed by atoms with van der Waals surface area (Å²) in [5.74, 6) is -33.7. The molecule has 2 nitrogen and oxygen atoms in total. The van der Waals surface area contributed by atoms with E-state index in [1.165, 1.54) is 0 Å². The number of halogens is 13. The highest BCUT2D eigenvalue weighted by atomic mass is 35.5. The second-order valence-corrected chi connectivity index (χ2v) is 4.20. The van der Waals surface area contributed by atoms with Gasteiger partial charge in [-0.05, 0) is 0 Å². The lowest BCUT2D eigenvalue weighted by Gasteiger charge is -2.39. The first-order chi connectivity index (χ1) is 9.19. The molecule has 0 saturated carbocycles. The maximum atomic E-state index is 13.0. The van der Waals surface area contributed by atoms with Gasteiger partial charge in [0.1, 0.15) is 0 Å². The fourth-order valence-corrected chi connectivity index (χ4v) is 1.10. The SMILES string of the molecule is O=C(O)C(F)(F)C(F)(Cl)C(F)(F)C(F)(F)C(F)(F)C(F)(F)F. The van der Waals surface area contributed by atoms with Gasteiger partial charge in [0.15, 0.2) is 0 Å². The molecule has 0 spiro atoms. The van der Waals surface area contributed by atoms with Gasteiger partial charge in [-0.25, -0.2) is 9.18 Å². The lowest BCUT2D eigenvalue weighted by atomic mass is 9.95. The average Bonchev–Trinajstić information content (AvgIpc) is 2.25. The molecule has 0 aliphatic rings. The molecule has 1 unspecified atom stereocenters. The van der Waals surface area contributed by atoms with Crippen molar-refractivity contribution in [2.45, 2.75) is 35.0 Å². The molecule has 22 heavy (non-hydrogen) atoms. The predicted octanol–water partition coefficient (Wildman–Crippen LogP) is 4.08. The molecule has 0 radical (unpaired) electrons. The lowest BCUT2D eigenvalue weighted by Crippen LogP contribution is -2.70. The normalized spacial score (nSPS) is 18.0. The number of aliphatic carboxylic acids is 1. The van der Waals surface area contributed by atoms with Crippen LogP contribution in [0.1, 0.15) is 0 Å². The Balaban J connectivity index is 6.29. The van der Waals surface area contributed by atoms with E-state index in [4.69, 9.17) is 5.11 Å². The van der Waals surface area contributed by atoms with E-state index in [9.17, 15) is 57.5 Å². The van der Waals surface area contributed by atoms with Crippen molar-refractivity contribution in [3.8, 4) is 0 Å². The second-order valence-electron chi connectivity index (χ2n) is 3.67. The largest absolute Gasteiger partial charge is 0.477 e. The summed E-state index contributed by atoms with van der Waals surface area (Å²) >= 11 is 3.63. The van der Waals surface area contributed by atoms with Gasteiger partial charge in [-0.1, -0.05) is 11.6 Å². The Morgan fingerprint density at radius 1 is 0.682 bits per heavy atom. The predicted molar refractivity (Wildman–Crippen MR) is 43.2 cm³/mol. The van der Waals surface area contributed by atoms with Crippen molar-refractivity contribution in [1.82, 2.24) is 0 Å². The molecule has 0 fully saturated rings. The lowest BCUT2D eigenvalue weighted by molar-refractivity contribution is -0.413. The molecule has 1 atom stereocenters. The molecule has 0 bridgehead atoms. The van der Waals surface area contributed by atoms with Crippen LogP contribution in [0, 0.1) is 0 Å². The number of hydrogen-bond acceptors (Lipinski definition) is 1. The molecule has 0 amide bonds. The fraction of sp³-hybridized carbons (Fsp3) is 0.857. The third-order valence-electron chi connectivity index (χ3n) is 2.20. The first-order valence-electron chi connectivity index (χ1n) is 4.38. The molecule has 0 saturated heterocycles. The van der Waals surface area contributed by atoms with Crippen LogP contribution in [0.5, 0.6) is 0 Å². The molecule has 0 aromatic rings. The highest BCUT2D eigenvalue weighted by molar-refractivity contribution is 6.26. The van der Waals surface area contributed by atoms with Crippen LogP contribution in [-0.4, -0.2) is 46.1 Å². The van der Waals surface area contributed by atoms with Crippen LogP contribution in [0.4, 0.5) is 52.7 Å². The summed E-state index contributed by atoms with van der Waals surface area (Å²) in [6, 6.07) is 0. The highest BCUT2D eigenvalue weighted by Crippen LogP contribution is 2.60. The molecule has 0 heterocycles. The van der Waals surface area contributed by atoms with Crippen molar-refractivity contribution < 1.29 is 62.6 Å². The minimum atomic E-state index is -7.84. The number of carboxylic acid groups (broad SMARTS) is 1. The van der Waals surface area contributed by atoms with Crippen molar-refractivity contribution in [3.05, 3.63) is 0 Å². The fourth-order valence-electron chi connectivity index (χ4n) is 0.904. The van der Waals surface area contributed by atoms with Crippen LogP contribution in [0.2, 0.25) is 0 Å². The van der Waals surface area contributed by atoms with E-state index in [1.807, 2.05) is 0 Å². The van der Waals surface area contributed by atoms with Gasteiger partial charge in [-0.3, -0.25) is 0 Å². The van der Waals surface area contributed by atoms with Crippen LogP contribution in [0.3, 0.4) is 0 Å². The van der Waals surface area contributed by atoms with E-state index >= 15 is 0 Å². The topological polar surface area (TPSA) is 37.3 Å². The standard InChI is InChI=1S/C7HClF12O2/c8-3(11,2(9,10)1(21)22)4(12,13)5(14,15)6(16,17)7(18,19)20/h(H,21,22). The molecule has 0 rings (SSSR count). The molecular weight excluding hydrogens is 380 g/mol. The van der Waals surface area contributed by atoms with Crippen molar-refractivity contribution in [2.75, 3.05) is 0 Å². The van der Waals surface area contributed by atoms with Crippen molar-refractivity contribution in [3.63, 3.8) is 0 Å². The van der Waals surface area contributed by atoms with Gasteiger partial charge in [0.2, 0.25) is 0 Å². The minimum Gasteiger partial charge on any atom is -0.477 e. The Kier molecular flexibility index (Phi) is 4.72. The molecule has 0 aromatic carbocycles. The molecule has 0 aliphatic heterocycles. The zero-order chi connectivity index (χ0) is 18.6. The van der Waals surface area contributed by atoms with Gasteiger partial charge >= 0.3 is 41.0 Å². The van der Waals surface area contributed by atoms with E-state index in [0.717, 1.165) is 0 Å². The monoisotopic (exact) mass is 380 g/mol. The van der Waals surface area contributed by atoms with Gasteiger partial charge in [-0.15, -0.1) is 0 Å². The molecule has 132 valence electrons. The quantitative estimate of drug-likeness (QED) is 0.576. The Hall–Kier alpha value is -1.08. The summed E-state index contributed by atoms with van der Waals surface area (Å²) < 4.78 is 149. The number of carbonyl (C=O) groups is 1. The van der Waals surface area contributed by atoms with Crippen LogP contribution < -0.4 is 0 Å². The number of alkyl halides is 13. The van der Waals surface area contributed by atoms with Gasteiger partial charge in [-0.2, -0.15) is 48.3 Å². The van der Waals surface area contributed by atoms with Crippen LogP contribution in [0.15, 0.2) is 0 Å². The van der Waals surface area contributed by atoms with Crippen molar-refractivity contribution in [1.29, 1.82) is 0 Å². The van der Waals surface area contributed by atoms with Gasteiger partial charge in [0.05, 0.1) is 0 Å². The van der Waals surface area contributed by atoms with E-state index in [1.54, 1.807) is 0 Å². The average molecular weight is 381 g/mol. The molecule has 1 N–H and O–H groups in total.